The molecule has 2 N–H and O–H groups in total. The molecule has 0 spiro atoms. The minimum Gasteiger partial charge on any atom is -0.496 e. The summed E-state index contributed by atoms with van der Waals surface area (Å²) >= 11 is 1.75. The van der Waals surface area contributed by atoms with E-state index in [1.807, 2.05) is 17.0 Å². The Morgan fingerprint density at radius 1 is 1.19 bits per heavy atom. The number of nitrogens with zero attached hydrogens (tertiary/aromatic N) is 1. The zero-order chi connectivity index (χ0) is 18.1. The summed E-state index contributed by atoms with van der Waals surface area (Å²) in [5, 5.41) is 1.10. The second-order valence-electron chi connectivity index (χ2n) is 6.62. The van der Waals surface area contributed by atoms with Crippen molar-refractivity contribution >= 4 is 27.5 Å². The van der Waals surface area contributed by atoms with Gasteiger partial charge >= 0.3 is 6.03 Å². The first-order valence-corrected chi connectivity index (χ1v) is 9.72. The first kappa shape index (κ1) is 16.9. The van der Waals surface area contributed by atoms with Crippen molar-refractivity contribution < 1.29 is 9.53 Å². The van der Waals surface area contributed by atoms with Crippen LogP contribution in [0.5, 0.6) is 5.75 Å². The Kier molecular flexibility index (Phi) is 4.55. The standard InChI is InChI=1S/C21H22N2O2S/c1-25-18-11-10-15(14-7-3-2-4-8-14)20-16(18)13-19(26-20)17-9-5-6-12-23(17)21(22)24/h2-4,7-8,10-11,13,17H,5-6,9,12H2,1H3,(H2,22,24). The van der Waals surface area contributed by atoms with E-state index in [-0.39, 0.29) is 12.1 Å². The maximum Gasteiger partial charge on any atom is 0.315 e. The molecule has 1 unspecified atom stereocenters. The van der Waals surface area contributed by atoms with Crippen LogP contribution in [0.2, 0.25) is 0 Å². The van der Waals surface area contributed by atoms with Crippen LogP contribution in [0, 0.1) is 0 Å². The van der Waals surface area contributed by atoms with Gasteiger partial charge in [0, 0.05) is 21.5 Å². The number of hydrogen-bond donors (Lipinski definition) is 1. The van der Waals surface area contributed by atoms with E-state index < -0.39 is 0 Å². The second-order valence-corrected chi connectivity index (χ2v) is 7.70. The number of methoxy groups -OCH3 is 1. The lowest BCUT2D eigenvalue weighted by atomic mass is 10.00. The smallest absolute Gasteiger partial charge is 0.315 e. The topological polar surface area (TPSA) is 55.6 Å². The summed E-state index contributed by atoms with van der Waals surface area (Å²) in [6.45, 7) is 0.733. The number of benzene rings is 2. The fraction of sp³-hybridized carbons (Fsp3) is 0.286. The molecule has 4 nitrogen and oxygen atoms in total. The number of rotatable bonds is 3. The van der Waals surface area contributed by atoms with E-state index in [4.69, 9.17) is 10.5 Å². The highest BCUT2D eigenvalue weighted by atomic mass is 32.1. The number of ether oxygens (including phenoxy) is 1. The molecule has 2 heterocycles. The molecule has 5 heteroatoms. The van der Waals surface area contributed by atoms with Gasteiger partial charge in [0.25, 0.3) is 0 Å². The zero-order valence-electron chi connectivity index (χ0n) is 14.8. The third-order valence-corrected chi connectivity index (χ3v) is 6.35. The molecule has 1 atom stereocenters. The summed E-state index contributed by atoms with van der Waals surface area (Å²) < 4.78 is 6.79. The molecule has 26 heavy (non-hydrogen) atoms. The first-order valence-electron chi connectivity index (χ1n) is 8.91. The second kappa shape index (κ2) is 7.00. The van der Waals surface area contributed by atoms with Crippen LogP contribution in [-0.4, -0.2) is 24.6 Å². The number of likely N-dealkylation sites (tertiary alicyclic amines) is 1. The van der Waals surface area contributed by atoms with Crippen LogP contribution in [0.15, 0.2) is 48.5 Å². The zero-order valence-corrected chi connectivity index (χ0v) is 15.6. The molecule has 2 amide bonds. The maximum absolute atomic E-state index is 11.9. The van der Waals surface area contributed by atoms with Gasteiger partial charge in [-0.3, -0.25) is 0 Å². The summed E-state index contributed by atoms with van der Waals surface area (Å²) in [5.74, 6) is 0.864. The minimum atomic E-state index is -0.331. The molecule has 3 aromatic rings. The lowest BCUT2D eigenvalue weighted by Crippen LogP contribution is -2.41. The van der Waals surface area contributed by atoms with Crippen molar-refractivity contribution in [3.63, 3.8) is 0 Å². The molecule has 2 aromatic carbocycles. The van der Waals surface area contributed by atoms with Gasteiger partial charge < -0.3 is 15.4 Å². The number of carbonyl (C=O) groups is 1. The van der Waals surface area contributed by atoms with Gasteiger partial charge in [-0.1, -0.05) is 30.3 Å². The van der Waals surface area contributed by atoms with Crippen LogP contribution in [0.25, 0.3) is 21.2 Å². The lowest BCUT2D eigenvalue weighted by Gasteiger charge is -2.33. The molecule has 0 bridgehead atoms. The molecule has 1 aliphatic rings. The van der Waals surface area contributed by atoms with Gasteiger partial charge in [-0.15, -0.1) is 11.3 Å². The molecule has 1 aromatic heterocycles. The number of carbonyl (C=O) groups excluding carboxylic acids is 1. The summed E-state index contributed by atoms with van der Waals surface area (Å²) in [5.41, 5.74) is 8.01. The summed E-state index contributed by atoms with van der Waals surface area (Å²) in [6, 6.07) is 16.4. The number of hydrogen-bond acceptors (Lipinski definition) is 3. The van der Waals surface area contributed by atoms with E-state index in [9.17, 15) is 4.79 Å². The SMILES string of the molecule is COc1ccc(-c2ccccc2)c2sc(C3CCCCN3C(N)=O)cc12. The fourth-order valence-corrected chi connectivity index (χ4v) is 5.15. The van der Waals surface area contributed by atoms with Crippen molar-refractivity contribution in [3.05, 3.63) is 53.4 Å². The van der Waals surface area contributed by atoms with Crippen LogP contribution in [0.3, 0.4) is 0 Å². The van der Waals surface area contributed by atoms with E-state index in [0.29, 0.717) is 0 Å². The van der Waals surface area contributed by atoms with Crippen LogP contribution >= 0.6 is 11.3 Å². The maximum atomic E-state index is 11.9. The van der Waals surface area contributed by atoms with E-state index in [2.05, 4.69) is 36.4 Å². The van der Waals surface area contributed by atoms with E-state index in [1.165, 1.54) is 20.7 Å². The summed E-state index contributed by atoms with van der Waals surface area (Å²) in [6.07, 6.45) is 3.09. The molecule has 1 fully saturated rings. The third kappa shape index (κ3) is 2.92. The number of nitrogens with two attached hydrogens (primary N) is 1. The van der Waals surface area contributed by atoms with Crippen LogP contribution in [0.1, 0.15) is 30.2 Å². The van der Waals surface area contributed by atoms with Gasteiger partial charge in [-0.25, -0.2) is 4.79 Å². The van der Waals surface area contributed by atoms with Crippen LogP contribution in [-0.2, 0) is 0 Å². The average Bonchev–Trinajstić information content (AvgIpc) is 3.13. The molecule has 4 rings (SSSR count). The van der Waals surface area contributed by atoms with Crippen molar-refractivity contribution in [1.82, 2.24) is 4.90 Å². The Morgan fingerprint density at radius 3 is 2.73 bits per heavy atom. The van der Waals surface area contributed by atoms with Gasteiger partial charge in [-0.05, 0) is 48.6 Å². The first-order chi connectivity index (χ1) is 12.7. The van der Waals surface area contributed by atoms with Crippen molar-refractivity contribution in [2.24, 2.45) is 5.73 Å². The molecule has 0 saturated carbocycles. The molecule has 134 valence electrons. The number of urea groups is 1. The van der Waals surface area contributed by atoms with Crippen molar-refractivity contribution in [1.29, 1.82) is 0 Å². The molecule has 0 aliphatic carbocycles. The van der Waals surface area contributed by atoms with E-state index >= 15 is 0 Å². The molecule has 1 aliphatic heterocycles. The summed E-state index contributed by atoms with van der Waals surface area (Å²) in [4.78, 5) is 14.9. The monoisotopic (exact) mass is 366 g/mol. The van der Waals surface area contributed by atoms with E-state index in [1.54, 1.807) is 18.4 Å². The minimum absolute atomic E-state index is 0.0620. The van der Waals surface area contributed by atoms with E-state index in [0.717, 1.165) is 36.9 Å². The van der Waals surface area contributed by atoms with Crippen molar-refractivity contribution in [2.75, 3.05) is 13.7 Å². The highest BCUT2D eigenvalue weighted by molar-refractivity contribution is 7.19. The highest BCUT2D eigenvalue weighted by Crippen LogP contribution is 2.44. The lowest BCUT2D eigenvalue weighted by molar-refractivity contribution is 0.161. The van der Waals surface area contributed by atoms with Gasteiger partial charge in [0.05, 0.1) is 13.2 Å². The van der Waals surface area contributed by atoms with Crippen molar-refractivity contribution in [2.45, 2.75) is 25.3 Å². The number of piperidine rings is 1. The Labute approximate surface area is 157 Å². The summed E-state index contributed by atoms with van der Waals surface area (Å²) in [7, 11) is 1.70. The number of amides is 2. The predicted molar refractivity (Wildman–Crippen MR) is 107 cm³/mol. The van der Waals surface area contributed by atoms with Gasteiger partial charge in [0.1, 0.15) is 5.75 Å². The van der Waals surface area contributed by atoms with Gasteiger partial charge in [0.2, 0.25) is 0 Å². The average molecular weight is 366 g/mol. The molecule has 1 saturated heterocycles. The normalized spacial score (nSPS) is 17.4. The highest BCUT2D eigenvalue weighted by Gasteiger charge is 2.28. The Hall–Kier alpha value is -2.53. The Balaban J connectivity index is 1.86. The quantitative estimate of drug-likeness (QED) is 0.694. The van der Waals surface area contributed by atoms with Crippen molar-refractivity contribution in [3.8, 4) is 16.9 Å². The van der Waals surface area contributed by atoms with Crippen LogP contribution < -0.4 is 10.5 Å². The molecule has 0 radical (unpaired) electrons. The largest absolute Gasteiger partial charge is 0.496 e. The van der Waals surface area contributed by atoms with Gasteiger partial charge in [0.15, 0.2) is 0 Å². The molecular weight excluding hydrogens is 344 g/mol. The third-order valence-electron chi connectivity index (χ3n) is 5.08. The number of primary amides is 1. The fourth-order valence-electron chi connectivity index (χ4n) is 3.80. The number of thiophene rings is 1. The molecular formula is C21H22N2O2S. The van der Waals surface area contributed by atoms with Gasteiger partial charge in [-0.2, -0.15) is 0 Å². The Bertz CT molecular complexity index is 936. The predicted octanol–water partition coefficient (Wildman–Crippen LogP) is 5.18. The van der Waals surface area contributed by atoms with Crippen LogP contribution in [0.4, 0.5) is 4.79 Å². The number of fused-ring (bicyclic) bond motifs is 1. The Morgan fingerprint density at radius 2 is 2.00 bits per heavy atom.